The van der Waals surface area contributed by atoms with Crippen molar-refractivity contribution in [1.29, 1.82) is 0 Å². The third kappa shape index (κ3) is 4.10. The topological polar surface area (TPSA) is 62.7 Å². The molecule has 5 heteroatoms. The Morgan fingerprint density at radius 2 is 2.00 bits per heavy atom. The van der Waals surface area contributed by atoms with Crippen LogP contribution >= 0.6 is 0 Å². The van der Waals surface area contributed by atoms with E-state index in [4.69, 9.17) is 4.74 Å². The van der Waals surface area contributed by atoms with E-state index in [2.05, 4.69) is 59.8 Å². The quantitative estimate of drug-likeness (QED) is 0.805. The van der Waals surface area contributed by atoms with Crippen molar-refractivity contribution in [2.45, 2.75) is 45.2 Å². The lowest BCUT2D eigenvalue weighted by Crippen LogP contribution is -2.39. The summed E-state index contributed by atoms with van der Waals surface area (Å²) in [6.45, 7) is 4.59. The highest BCUT2D eigenvalue weighted by Gasteiger charge is 2.29. The maximum Gasteiger partial charge on any atom is 0.413 e. The number of unbranched alkanes of at least 4 members (excludes halogenated alkanes) is 1. The number of hydrogen-bond donors (Lipinski definition) is 2. The zero-order valence-electron chi connectivity index (χ0n) is 14.8. The van der Waals surface area contributed by atoms with Gasteiger partial charge < -0.3 is 10.1 Å². The fraction of sp³-hybridized carbons (Fsp3) is 0.400. The van der Waals surface area contributed by atoms with Crippen molar-refractivity contribution < 1.29 is 9.53 Å². The van der Waals surface area contributed by atoms with Crippen molar-refractivity contribution in [2.75, 3.05) is 6.61 Å². The molecule has 2 unspecified atom stereocenters. The fourth-order valence-corrected chi connectivity index (χ4v) is 3.07. The lowest BCUT2D eigenvalue weighted by atomic mass is 9.96. The Morgan fingerprint density at radius 3 is 2.76 bits per heavy atom. The molecule has 1 aliphatic heterocycles. The van der Waals surface area contributed by atoms with Crippen molar-refractivity contribution in [2.24, 2.45) is 4.99 Å². The van der Waals surface area contributed by atoms with Gasteiger partial charge in [0.25, 0.3) is 0 Å². The summed E-state index contributed by atoms with van der Waals surface area (Å²) in [6, 6.07) is 14.9. The number of fused-ring (bicyclic) bond motifs is 1. The minimum Gasteiger partial charge on any atom is -0.449 e. The van der Waals surface area contributed by atoms with Gasteiger partial charge in [-0.2, -0.15) is 0 Å². The van der Waals surface area contributed by atoms with Crippen molar-refractivity contribution in [3.63, 3.8) is 0 Å². The molecule has 0 radical (unpaired) electrons. The Bertz CT molecular complexity index is 772. The highest BCUT2D eigenvalue weighted by Crippen LogP contribution is 2.28. The molecule has 2 N–H and O–H groups in total. The van der Waals surface area contributed by atoms with Gasteiger partial charge in [-0.15, -0.1) is 0 Å². The van der Waals surface area contributed by atoms with E-state index >= 15 is 0 Å². The number of benzene rings is 2. The molecule has 0 aliphatic carbocycles. The molecule has 2 aromatic rings. The Labute approximate surface area is 148 Å². The second-order valence-corrected chi connectivity index (χ2v) is 6.30. The molecule has 2 atom stereocenters. The lowest BCUT2D eigenvalue weighted by molar-refractivity contribution is 0.149. The van der Waals surface area contributed by atoms with Crippen LogP contribution < -0.4 is 10.6 Å². The normalized spacial score (nSPS) is 19.4. The van der Waals surface area contributed by atoms with Crippen LogP contribution in [0.25, 0.3) is 10.8 Å². The van der Waals surface area contributed by atoms with E-state index in [0.29, 0.717) is 12.6 Å². The van der Waals surface area contributed by atoms with Crippen LogP contribution in [-0.4, -0.2) is 24.7 Å². The van der Waals surface area contributed by atoms with Crippen LogP contribution in [0, 0.1) is 0 Å². The van der Waals surface area contributed by atoms with Gasteiger partial charge in [-0.3, -0.25) is 5.32 Å². The Balaban J connectivity index is 1.69. The maximum atomic E-state index is 11.8. The number of aliphatic imine (C=N–C) groups is 1. The van der Waals surface area contributed by atoms with E-state index in [9.17, 15) is 4.79 Å². The molecule has 1 amide bonds. The van der Waals surface area contributed by atoms with Crippen LogP contribution in [0.5, 0.6) is 0 Å². The van der Waals surface area contributed by atoms with Crippen molar-refractivity contribution >= 4 is 22.8 Å². The number of carbonyl (C=O) groups excluding carboxylic acids is 1. The van der Waals surface area contributed by atoms with Crippen LogP contribution in [0.2, 0.25) is 0 Å². The van der Waals surface area contributed by atoms with Crippen LogP contribution in [0.1, 0.15) is 44.7 Å². The van der Waals surface area contributed by atoms with E-state index in [-0.39, 0.29) is 12.1 Å². The minimum absolute atomic E-state index is 0.0561. The van der Waals surface area contributed by atoms with Gasteiger partial charge in [0.05, 0.1) is 18.7 Å². The van der Waals surface area contributed by atoms with E-state index in [1.807, 2.05) is 12.1 Å². The highest BCUT2D eigenvalue weighted by atomic mass is 16.5. The van der Waals surface area contributed by atoms with Crippen LogP contribution in [0.3, 0.4) is 0 Å². The fourth-order valence-electron chi connectivity index (χ4n) is 3.07. The van der Waals surface area contributed by atoms with Gasteiger partial charge in [-0.05, 0) is 35.2 Å². The molecule has 2 aromatic carbocycles. The molecule has 132 valence electrons. The molecule has 0 aromatic heterocycles. The summed E-state index contributed by atoms with van der Waals surface area (Å²) in [5.41, 5.74) is 1.17. The number of nitrogens with one attached hydrogen (secondary N) is 2. The van der Waals surface area contributed by atoms with Gasteiger partial charge >= 0.3 is 6.09 Å². The average Bonchev–Trinajstić information content (AvgIpc) is 3.04. The number of rotatable bonds is 5. The first-order chi connectivity index (χ1) is 12.2. The van der Waals surface area contributed by atoms with Crippen LogP contribution in [0.15, 0.2) is 47.5 Å². The van der Waals surface area contributed by atoms with Crippen molar-refractivity contribution in [3.8, 4) is 0 Å². The number of amides is 1. The predicted molar refractivity (Wildman–Crippen MR) is 101 cm³/mol. The summed E-state index contributed by atoms with van der Waals surface area (Å²) in [7, 11) is 0. The summed E-state index contributed by atoms with van der Waals surface area (Å²) < 4.78 is 5.14. The Morgan fingerprint density at radius 1 is 1.20 bits per heavy atom. The predicted octanol–water partition coefficient (Wildman–Crippen LogP) is 4.15. The largest absolute Gasteiger partial charge is 0.449 e. The second kappa shape index (κ2) is 8.01. The Kier molecular flexibility index (Phi) is 5.53. The van der Waals surface area contributed by atoms with Gasteiger partial charge in [-0.25, -0.2) is 9.79 Å². The molecular formula is C20H25N3O2. The summed E-state index contributed by atoms with van der Waals surface area (Å²) >= 11 is 0. The zero-order chi connectivity index (χ0) is 17.6. The van der Waals surface area contributed by atoms with E-state index in [0.717, 1.165) is 19.3 Å². The Hall–Kier alpha value is -2.56. The molecule has 1 heterocycles. The van der Waals surface area contributed by atoms with Gasteiger partial charge in [-0.1, -0.05) is 56.7 Å². The third-order valence-corrected chi connectivity index (χ3v) is 4.47. The first-order valence-electron chi connectivity index (χ1n) is 8.98. The molecular weight excluding hydrogens is 314 g/mol. The SMILES string of the molecule is CCCCOC(=O)NC1=NC(CC)C(c2ccc3ccccc3c2)N1. The average molecular weight is 339 g/mol. The molecule has 5 nitrogen and oxygen atoms in total. The number of carbonyl (C=O) groups is 1. The summed E-state index contributed by atoms with van der Waals surface area (Å²) in [5.74, 6) is 0.492. The summed E-state index contributed by atoms with van der Waals surface area (Å²) in [5, 5.41) is 8.47. The number of nitrogens with zero attached hydrogens (tertiary/aromatic N) is 1. The lowest BCUT2D eigenvalue weighted by Gasteiger charge is -2.18. The van der Waals surface area contributed by atoms with Crippen molar-refractivity contribution in [1.82, 2.24) is 10.6 Å². The summed E-state index contributed by atoms with van der Waals surface area (Å²) in [4.78, 5) is 16.4. The van der Waals surface area contributed by atoms with Gasteiger partial charge in [0, 0.05) is 0 Å². The molecule has 0 saturated heterocycles. The van der Waals surface area contributed by atoms with E-state index < -0.39 is 6.09 Å². The van der Waals surface area contributed by atoms with E-state index in [1.54, 1.807) is 0 Å². The molecule has 1 aliphatic rings. The van der Waals surface area contributed by atoms with E-state index in [1.165, 1.54) is 16.3 Å². The zero-order valence-corrected chi connectivity index (χ0v) is 14.8. The molecule has 3 rings (SSSR count). The number of ether oxygens (including phenoxy) is 1. The first kappa shape index (κ1) is 17.3. The molecule has 0 spiro atoms. The van der Waals surface area contributed by atoms with Gasteiger partial charge in [0.1, 0.15) is 0 Å². The van der Waals surface area contributed by atoms with Gasteiger partial charge in [0.2, 0.25) is 5.96 Å². The number of alkyl carbamates (subject to hydrolysis) is 1. The molecule has 0 fully saturated rings. The number of guanidine groups is 1. The van der Waals surface area contributed by atoms with Crippen LogP contribution in [0.4, 0.5) is 4.79 Å². The maximum absolute atomic E-state index is 11.8. The monoisotopic (exact) mass is 339 g/mol. The number of hydrogen-bond acceptors (Lipinski definition) is 4. The standard InChI is InChI=1S/C20H25N3O2/c1-3-5-12-25-20(24)23-19-21-17(4-2)18(22-19)16-11-10-14-8-6-7-9-15(14)13-16/h6-11,13,17-18H,3-5,12H2,1-2H3,(H2,21,22,23,24). The van der Waals surface area contributed by atoms with Crippen LogP contribution in [-0.2, 0) is 4.74 Å². The smallest absolute Gasteiger partial charge is 0.413 e. The minimum atomic E-state index is -0.450. The molecule has 0 saturated carbocycles. The molecule has 25 heavy (non-hydrogen) atoms. The molecule has 0 bridgehead atoms. The first-order valence-corrected chi connectivity index (χ1v) is 8.98. The van der Waals surface area contributed by atoms with Gasteiger partial charge in [0.15, 0.2) is 0 Å². The second-order valence-electron chi connectivity index (χ2n) is 6.30. The third-order valence-electron chi connectivity index (χ3n) is 4.47. The highest BCUT2D eigenvalue weighted by molar-refractivity contribution is 5.95. The van der Waals surface area contributed by atoms with Crippen molar-refractivity contribution in [3.05, 3.63) is 48.0 Å². The summed E-state index contributed by atoms with van der Waals surface area (Å²) in [6.07, 6.45) is 2.30.